The smallest absolute Gasteiger partial charge is 0.435 e. The van der Waals surface area contributed by atoms with Gasteiger partial charge in [-0.2, -0.15) is 18.3 Å². The molecule has 0 saturated heterocycles. The molecule has 32 heavy (non-hydrogen) atoms. The highest BCUT2D eigenvalue weighted by Crippen LogP contribution is 2.31. The molecule has 1 aromatic carbocycles. The van der Waals surface area contributed by atoms with Gasteiger partial charge in [0.15, 0.2) is 5.69 Å². The Balaban J connectivity index is 1.59. The van der Waals surface area contributed by atoms with Crippen LogP contribution in [0.25, 0.3) is 5.69 Å². The highest BCUT2D eigenvalue weighted by Gasteiger charge is 2.39. The van der Waals surface area contributed by atoms with Gasteiger partial charge in [0.05, 0.1) is 24.1 Å². The van der Waals surface area contributed by atoms with Crippen LogP contribution in [-0.4, -0.2) is 46.3 Å². The molecular weight excluding hydrogens is 427 g/mol. The standard InChI is InChI=1S/C21H20F3N5O3/c1-2-32-16-7-5-14(6-8-16)19(30)26-10-11-27-20(31)17-13-29(15-4-3-9-25-12-15)28-18(17)21(22,23)24/h3-9,12-13H,2,10-11H2,1H3,(H,26,30)(H,27,31). The van der Waals surface area contributed by atoms with Crippen molar-refractivity contribution in [1.29, 1.82) is 0 Å². The van der Waals surface area contributed by atoms with Gasteiger partial charge in [-0.3, -0.25) is 14.6 Å². The van der Waals surface area contributed by atoms with Gasteiger partial charge in [-0.25, -0.2) is 4.68 Å². The monoisotopic (exact) mass is 447 g/mol. The van der Waals surface area contributed by atoms with E-state index in [1.54, 1.807) is 24.3 Å². The van der Waals surface area contributed by atoms with E-state index in [2.05, 4.69) is 20.7 Å². The van der Waals surface area contributed by atoms with Crippen LogP contribution < -0.4 is 15.4 Å². The number of hydrogen-bond donors (Lipinski definition) is 2. The van der Waals surface area contributed by atoms with Crippen molar-refractivity contribution in [3.63, 3.8) is 0 Å². The lowest BCUT2D eigenvalue weighted by atomic mass is 10.2. The fraction of sp³-hybridized carbons (Fsp3) is 0.238. The Morgan fingerprint density at radius 2 is 1.75 bits per heavy atom. The zero-order chi connectivity index (χ0) is 23.1. The minimum atomic E-state index is -4.82. The third-order valence-electron chi connectivity index (χ3n) is 4.26. The molecule has 0 radical (unpaired) electrons. The van der Waals surface area contributed by atoms with E-state index >= 15 is 0 Å². The first kappa shape index (κ1) is 22.8. The van der Waals surface area contributed by atoms with Crippen LogP contribution in [0.1, 0.15) is 33.3 Å². The van der Waals surface area contributed by atoms with E-state index < -0.39 is 23.3 Å². The van der Waals surface area contributed by atoms with E-state index in [9.17, 15) is 22.8 Å². The molecule has 0 saturated carbocycles. The fourth-order valence-electron chi connectivity index (χ4n) is 2.79. The fourth-order valence-corrected chi connectivity index (χ4v) is 2.79. The van der Waals surface area contributed by atoms with Gasteiger partial charge in [0.25, 0.3) is 11.8 Å². The van der Waals surface area contributed by atoms with Crippen molar-refractivity contribution in [2.75, 3.05) is 19.7 Å². The second-order valence-electron chi connectivity index (χ2n) is 6.51. The van der Waals surface area contributed by atoms with Gasteiger partial charge in [-0.15, -0.1) is 0 Å². The molecule has 0 aliphatic heterocycles. The van der Waals surface area contributed by atoms with Gasteiger partial charge in [0.1, 0.15) is 5.75 Å². The molecule has 168 valence electrons. The van der Waals surface area contributed by atoms with Crippen LogP contribution in [0.5, 0.6) is 5.75 Å². The largest absolute Gasteiger partial charge is 0.494 e. The maximum absolute atomic E-state index is 13.4. The number of pyridine rings is 1. The Morgan fingerprint density at radius 3 is 2.34 bits per heavy atom. The van der Waals surface area contributed by atoms with Crippen LogP contribution in [0.15, 0.2) is 55.0 Å². The van der Waals surface area contributed by atoms with Crippen molar-refractivity contribution in [1.82, 2.24) is 25.4 Å². The zero-order valence-electron chi connectivity index (χ0n) is 17.0. The molecule has 0 atom stereocenters. The molecule has 3 aromatic rings. The highest BCUT2D eigenvalue weighted by molar-refractivity contribution is 5.96. The predicted octanol–water partition coefficient (Wildman–Crippen LogP) is 2.84. The van der Waals surface area contributed by atoms with Crippen LogP contribution in [0.2, 0.25) is 0 Å². The number of hydrogen-bond acceptors (Lipinski definition) is 5. The molecule has 2 aromatic heterocycles. The molecule has 2 N–H and O–H groups in total. The summed E-state index contributed by atoms with van der Waals surface area (Å²) in [5, 5.41) is 8.45. The lowest BCUT2D eigenvalue weighted by Gasteiger charge is -2.09. The quantitative estimate of drug-likeness (QED) is 0.518. The van der Waals surface area contributed by atoms with Crippen molar-refractivity contribution in [2.45, 2.75) is 13.1 Å². The van der Waals surface area contributed by atoms with Crippen LogP contribution >= 0.6 is 0 Å². The van der Waals surface area contributed by atoms with Crippen LogP contribution in [0.4, 0.5) is 13.2 Å². The number of aromatic nitrogens is 3. The topological polar surface area (TPSA) is 98.1 Å². The van der Waals surface area contributed by atoms with Crippen LogP contribution in [0, 0.1) is 0 Å². The Bertz CT molecular complexity index is 1070. The number of nitrogens with one attached hydrogen (secondary N) is 2. The van der Waals surface area contributed by atoms with Crippen LogP contribution in [0.3, 0.4) is 0 Å². The van der Waals surface area contributed by atoms with E-state index in [-0.39, 0.29) is 24.7 Å². The van der Waals surface area contributed by atoms with Crippen molar-refractivity contribution >= 4 is 11.8 Å². The molecule has 0 spiro atoms. The third-order valence-corrected chi connectivity index (χ3v) is 4.26. The molecule has 11 heteroatoms. The van der Waals surface area contributed by atoms with Crippen molar-refractivity contribution in [2.24, 2.45) is 0 Å². The second-order valence-corrected chi connectivity index (χ2v) is 6.51. The van der Waals surface area contributed by atoms with E-state index in [0.717, 1.165) is 10.9 Å². The molecule has 0 aliphatic carbocycles. The van der Waals surface area contributed by atoms with E-state index in [1.807, 2.05) is 6.92 Å². The van der Waals surface area contributed by atoms with Gasteiger partial charge in [0, 0.05) is 31.0 Å². The summed E-state index contributed by atoms with van der Waals surface area (Å²) in [7, 11) is 0. The molecular formula is C21H20F3N5O3. The summed E-state index contributed by atoms with van der Waals surface area (Å²) in [6.45, 7) is 2.30. The number of alkyl halides is 3. The lowest BCUT2D eigenvalue weighted by Crippen LogP contribution is -2.35. The van der Waals surface area contributed by atoms with Gasteiger partial charge < -0.3 is 15.4 Å². The Morgan fingerprint density at radius 1 is 1.06 bits per heavy atom. The summed E-state index contributed by atoms with van der Waals surface area (Å²) in [6, 6.07) is 9.52. The number of rotatable bonds is 8. The Labute approximate surface area is 181 Å². The minimum absolute atomic E-state index is 0.0237. The molecule has 2 amide bonds. The first-order chi connectivity index (χ1) is 15.3. The number of ether oxygens (including phenoxy) is 1. The molecule has 0 aliphatic rings. The highest BCUT2D eigenvalue weighted by atomic mass is 19.4. The number of amides is 2. The number of benzene rings is 1. The average molecular weight is 447 g/mol. The second kappa shape index (κ2) is 9.94. The average Bonchev–Trinajstić information content (AvgIpc) is 3.24. The van der Waals surface area contributed by atoms with E-state index in [1.165, 1.54) is 24.5 Å². The van der Waals surface area contributed by atoms with Crippen molar-refractivity contribution < 1.29 is 27.5 Å². The summed E-state index contributed by atoms with van der Waals surface area (Å²) in [5.74, 6) is -0.714. The van der Waals surface area contributed by atoms with Gasteiger partial charge in [-0.05, 0) is 43.3 Å². The van der Waals surface area contributed by atoms with E-state index in [4.69, 9.17) is 4.74 Å². The molecule has 2 heterocycles. The molecule has 8 nitrogen and oxygen atoms in total. The predicted molar refractivity (Wildman–Crippen MR) is 109 cm³/mol. The summed E-state index contributed by atoms with van der Waals surface area (Å²) in [4.78, 5) is 28.3. The Hall–Kier alpha value is -3.89. The van der Waals surface area contributed by atoms with Crippen molar-refractivity contribution in [3.8, 4) is 11.4 Å². The van der Waals surface area contributed by atoms with Gasteiger partial charge >= 0.3 is 6.18 Å². The normalized spacial score (nSPS) is 11.1. The molecule has 0 unspecified atom stereocenters. The number of halogens is 3. The van der Waals surface area contributed by atoms with Crippen LogP contribution in [-0.2, 0) is 6.18 Å². The molecule has 0 bridgehead atoms. The summed E-state index contributed by atoms with van der Waals surface area (Å²) >= 11 is 0. The number of carbonyl (C=O) groups excluding carboxylic acids is 2. The van der Waals surface area contributed by atoms with Gasteiger partial charge in [-0.1, -0.05) is 0 Å². The first-order valence-corrected chi connectivity index (χ1v) is 9.66. The molecule has 3 rings (SSSR count). The van der Waals surface area contributed by atoms with Gasteiger partial charge in [0.2, 0.25) is 0 Å². The maximum Gasteiger partial charge on any atom is 0.435 e. The minimum Gasteiger partial charge on any atom is -0.494 e. The summed E-state index contributed by atoms with van der Waals surface area (Å²) < 4.78 is 46.3. The van der Waals surface area contributed by atoms with Crippen molar-refractivity contribution in [3.05, 3.63) is 71.8 Å². The zero-order valence-corrected chi connectivity index (χ0v) is 17.0. The van der Waals surface area contributed by atoms with E-state index in [0.29, 0.717) is 17.9 Å². The molecule has 0 fully saturated rings. The SMILES string of the molecule is CCOc1ccc(C(=O)NCCNC(=O)c2cn(-c3cccnc3)nc2C(F)(F)F)cc1. The Kier molecular flexibility index (Phi) is 7.08. The first-order valence-electron chi connectivity index (χ1n) is 9.66. The summed E-state index contributed by atoms with van der Waals surface area (Å²) in [5.41, 5.74) is -1.27. The lowest BCUT2D eigenvalue weighted by molar-refractivity contribution is -0.141. The third kappa shape index (κ3) is 5.62. The number of carbonyl (C=O) groups is 2. The summed E-state index contributed by atoms with van der Waals surface area (Å²) in [6.07, 6.45) is -1.03. The number of nitrogens with zero attached hydrogens (tertiary/aromatic N) is 3. The maximum atomic E-state index is 13.4.